The Labute approximate surface area is 134 Å². The van der Waals surface area contributed by atoms with Crippen LogP contribution in [0.3, 0.4) is 0 Å². The van der Waals surface area contributed by atoms with Crippen molar-refractivity contribution < 1.29 is 18.7 Å². The summed E-state index contributed by atoms with van der Waals surface area (Å²) in [7, 11) is 1.56. The number of carbonyl (C=O) groups excluding carboxylic acids is 1. The number of nitrogens with zero attached hydrogens (tertiary/aromatic N) is 1. The van der Waals surface area contributed by atoms with Crippen LogP contribution in [0.2, 0.25) is 5.02 Å². The second-order valence-electron chi connectivity index (χ2n) is 5.57. The van der Waals surface area contributed by atoms with Gasteiger partial charge < -0.3 is 15.2 Å². The van der Waals surface area contributed by atoms with E-state index in [0.717, 1.165) is 5.56 Å². The van der Waals surface area contributed by atoms with Crippen molar-refractivity contribution in [1.82, 2.24) is 4.90 Å². The van der Waals surface area contributed by atoms with E-state index in [2.05, 4.69) is 4.90 Å². The zero-order valence-corrected chi connectivity index (χ0v) is 13.2. The van der Waals surface area contributed by atoms with Gasteiger partial charge in [-0.2, -0.15) is 0 Å². The van der Waals surface area contributed by atoms with E-state index in [1.54, 1.807) is 19.2 Å². The van der Waals surface area contributed by atoms with E-state index in [-0.39, 0.29) is 18.1 Å². The van der Waals surface area contributed by atoms with Gasteiger partial charge in [0.05, 0.1) is 24.7 Å². The number of carbonyl (C=O) groups is 1. The van der Waals surface area contributed by atoms with Gasteiger partial charge in [0.15, 0.2) is 0 Å². The summed E-state index contributed by atoms with van der Waals surface area (Å²) in [5.41, 5.74) is 5.38. The molecule has 5 nitrogen and oxygen atoms in total. The van der Waals surface area contributed by atoms with Crippen molar-refractivity contribution in [2.75, 3.05) is 33.4 Å². The number of methoxy groups -OCH3 is 1. The average molecular weight is 331 g/mol. The number of primary amides is 1. The molecule has 0 spiro atoms. The fourth-order valence-corrected chi connectivity index (χ4v) is 2.90. The maximum atomic E-state index is 13.5. The molecule has 1 aliphatic rings. The van der Waals surface area contributed by atoms with E-state index in [1.165, 1.54) is 6.07 Å². The molecule has 2 N–H and O–H groups in total. The molecule has 1 aromatic rings. The third kappa shape index (κ3) is 4.39. The highest BCUT2D eigenvalue weighted by atomic mass is 35.5. The summed E-state index contributed by atoms with van der Waals surface area (Å²) in [4.78, 5) is 13.4. The van der Waals surface area contributed by atoms with Crippen LogP contribution in [0.1, 0.15) is 12.0 Å². The molecule has 1 aliphatic heterocycles. The molecule has 0 aromatic heterocycles. The van der Waals surface area contributed by atoms with Crippen molar-refractivity contribution in [3.05, 3.63) is 34.6 Å². The summed E-state index contributed by atoms with van der Waals surface area (Å²) in [6.45, 7) is 2.47. The Balaban J connectivity index is 2.07. The molecule has 1 fully saturated rings. The summed E-state index contributed by atoms with van der Waals surface area (Å²) in [6, 6.07) is 4.75. The molecule has 22 heavy (non-hydrogen) atoms. The Bertz CT molecular complexity index is 540. The van der Waals surface area contributed by atoms with Crippen LogP contribution in [0.25, 0.3) is 0 Å². The Kier molecular flexibility index (Phi) is 5.74. The van der Waals surface area contributed by atoms with Crippen LogP contribution < -0.4 is 5.73 Å². The zero-order chi connectivity index (χ0) is 16.2. The van der Waals surface area contributed by atoms with Crippen LogP contribution in [-0.4, -0.2) is 49.8 Å². The lowest BCUT2D eigenvalue weighted by Gasteiger charge is -2.41. The quantitative estimate of drug-likeness (QED) is 0.860. The Hall–Kier alpha value is -1.21. The van der Waals surface area contributed by atoms with E-state index in [1.807, 2.05) is 0 Å². The maximum absolute atomic E-state index is 13.5. The van der Waals surface area contributed by atoms with E-state index < -0.39 is 17.3 Å². The SMILES string of the molecule is COCC1(CC(N)=O)CN(Cc2ccc(Cl)c(F)c2)CCO1. The monoisotopic (exact) mass is 330 g/mol. The number of halogens is 2. The molecular weight excluding hydrogens is 311 g/mol. The van der Waals surface area contributed by atoms with Crippen molar-refractivity contribution in [2.24, 2.45) is 5.73 Å². The number of rotatable bonds is 6. The molecule has 1 unspecified atom stereocenters. The molecule has 1 heterocycles. The molecule has 122 valence electrons. The minimum Gasteiger partial charge on any atom is -0.382 e. The predicted molar refractivity (Wildman–Crippen MR) is 81.1 cm³/mol. The predicted octanol–water partition coefficient (Wildman–Crippen LogP) is 1.57. The van der Waals surface area contributed by atoms with Crippen LogP contribution in [0, 0.1) is 5.82 Å². The summed E-state index contributed by atoms with van der Waals surface area (Å²) < 4.78 is 24.5. The van der Waals surface area contributed by atoms with E-state index in [4.69, 9.17) is 26.8 Å². The molecule has 1 amide bonds. The van der Waals surface area contributed by atoms with Gasteiger partial charge in [-0.05, 0) is 17.7 Å². The molecule has 1 saturated heterocycles. The first-order chi connectivity index (χ1) is 10.4. The summed E-state index contributed by atoms with van der Waals surface area (Å²) in [6.07, 6.45) is 0.0896. The lowest BCUT2D eigenvalue weighted by Crippen LogP contribution is -2.55. The Morgan fingerprint density at radius 2 is 2.36 bits per heavy atom. The van der Waals surface area contributed by atoms with Gasteiger partial charge in [-0.15, -0.1) is 0 Å². The summed E-state index contributed by atoms with van der Waals surface area (Å²) >= 11 is 5.69. The summed E-state index contributed by atoms with van der Waals surface area (Å²) in [5.74, 6) is -0.871. The van der Waals surface area contributed by atoms with Gasteiger partial charge in [-0.25, -0.2) is 4.39 Å². The smallest absolute Gasteiger partial charge is 0.220 e. The standard InChI is InChI=1S/C15H20ClFN2O3/c1-21-10-15(7-14(18)20)9-19(4-5-22-15)8-11-2-3-12(16)13(17)6-11/h2-3,6H,4-5,7-10H2,1H3,(H2,18,20). The van der Waals surface area contributed by atoms with Crippen LogP contribution in [-0.2, 0) is 20.8 Å². The average Bonchev–Trinajstić information content (AvgIpc) is 2.42. The second kappa shape index (κ2) is 7.37. The first-order valence-electron chi connectivity index (χ1n) is 7.01. The number of benzene rings is 1. The third-order valence-electron chi connectivity index (χ3n) is 3.62. The highest BCUT2D eigenvalue weighted by Crippen LogP contribution is 2.24. The van der Waals surface area contributed by atoms with Crippen molar-refractivity contribution in [3.8, 4) is 0 Å². The minimum atomic E-state index is -0.746. The van der Waals surface area contributed by atoms with Gasteiger partial charge in [0.1, 0.15) is 11.4 Å². The summed E-state index contributed by atoms with van der Waals surface area (Å²) in [5, 5.41) is 0.105. The van der Waals surface area contributed by atoms with Crippen LogP contribution >= 0.6 is 11.6 Å². The Morgan fingerprint density at radius 1 is 1.59 bits per heavy atom. The molecular formula is C15H20ClFN2O3. The van der Waals surface area contributed by atoms with Gasteiger partial charge >= 0.3 is 0 Å². The number of hydrogen-bond donors (Lipinski definition) is 1. The van der Waals surface area contributed by atoms with E-state index in [0.29, 0.717) is 26.2 Å². The molecule has 0 radical (unpaired) electrons. The first kappa shape index (κ1) is 17.1. The molecule has 1 aromatic carbocycles. The Morgan fingerprint density at radius 3 is 3.00 bits per heavy atom. The number of hydrogen-bond acceptors (Lipinski definition) is 4. The molecule has 1 atom stereocenters. The van der Waals surface area contributed by atoms with Crippen molar-refractivity contribution in [2.45, 2.75) is 18.6 Å². The van der Waals surface area contributed by atoms with Crippen molar-refractivity contribution in [1.29, 1.82) is 0 Å². The van der Waals surface area contributed by atoms with Crippen LogP contribution in [0.4, 0.5) is 4.39 Å². The van der Waals surface area contributed by atoms with E-state index in [9.17, 15) is 9.18 Å². The van der Waals surface area contributed by atoms with Crippen molar-refractivity contribution in [3.63, 3.8) is 0 Å². The molecule has 0 saturated carbocycles. The maximum Gasteiger partial charge on any atom is 0.220 e. The van der Waals surface area contributed by atoms with Gasteiger partial charge in [0.2, 0.25) is 5.91 Å². The first-order valence-corrected chi connectivity index (χ1v) is 7.39. The zero-order valence-electron chi connectivity index (χ0n) is 12.5. The highest BCUT2D eigenvalue weighted by Gasteiger charge is 2.38. The fraction of sp³-hybridized carbons (Fsp3) is 0.533. The number of amides is 1. The minimum absolute atomic E-state index is 0.0896. The number of nitrogens with two attached hydrogens (primary N) is 1. The van der Waals surface area contributed by atoms with Gasteiger partial charge in [-0.1, -0.05) is 17.7 Å². The molecule has 7 heteroatoms. The van der Waals surface area contributed by atoms with Gasteiger partial charge in [0.25, 0.3) is 0 Å². The van der Waals surface area contributed by atoms with Crippen LogP contribution in [0.5, 0.6) is 0 Å². The highest BCUT2D eigenvalue weighted by molar-refractivity contribution is 6.30. The molecule has 0 bridgehead atoms. The van der Waals surface area contributed by atoms with Gasteiger partial charge in [-0.3, -0.25) is 9.69 Å². The largest absolute Gasteiger partial charge is 0.382 e. The van der Waals surface area contributed by atoms with E-state index >= 15 is 0 Å². The topological polar surface area (TPSA) is 64.8 Å². The van der Waals surface area contributed by atoms with Gasteiger partial charge in [0, 0.05) is 26.7 Å². The lowest BCUT2D eigenvalue weighted by atomic mass is 9.97. The van der Waals surface area contributed by atoms with Crippen molar-refractivity contribution >= 4 is 17.5 Å². The fourth-order valence-electron chi connectivity index (χ4n) is 2.78. The molecule has 0 aliphatic carbocycles. The number of morpholine rings is 1. The number of ether oxygens (including phenoxy) is 2. The normalized spacial score (nSPS) is 22.7. The second-order valence-corrected chi connectivity index (χ2v) is 5.97. The third-order valence-corrected chi connectivity index (χ3v) is 3.93. The molecule has 2 rings (SSSR count). The lowest BCUT2D eigenvalue weighted by molar-refractivity contribution is -0.154. The van der Waals surface area contributed by atoms with Crippen LogP contribution in [0.15, 0.2) is 18.2 Å².